The summed E-state index contributed by atoms with van der Waals surface area (Å²) >= 11 is 0. The van der Waals surface area contributed by atoms with E-state index in [0.717, 1.165) is 28.7 Å². The van der Waals surface area contributed by atoms with Crippen molar-refractivity contribution in [2.24, 2.45) is 0 Å². The van der Waals surface area contributed by atoms with Gasteiger partial charge in [-0.05, 0) is 61.2 Å². The maximum atomic E-state index is 10.5. The number of carbonyl (C=O) groups is 1. The van der Waals surface area contributed by atoms with Gasteiger partial charge in [0.15, 0.2) is 6.10 Å². The molecule has 0 amide bonds. The largest absolute Gasteiger partial charge is 0.496 e. The number of benzene rings is 3. The topological polar surface area (TPSA) is 85.2 Å². The number of aryl methyl sites for hydroxylation is 3. The Labute approximate surface area is 195 Å². The molecule has 3 rings (SSSR count). The molecule has 0 saturated heterocycles. The minimum absolute atomic E-state index is 0.286. The van der Waals surface area contributed by atoms with E-state index in [2.05, 4.69) is 0 Å². The van der Waals surface area contributed by atoms with Crippen LogP contribution in [0.4, 0.5) is 0 Å². The van der Waals surface area contributed by atoms with Gasteiger partial charge in [0.25, 0.3) is 0 Å². The first kappa shape index (κ1) is 25.9. The Morgan fingerprint density at radius 1 is 0.818 bits per heavy atom. The second-order valence-corrected chi connectivity index (χ2v) is 7.63. The van der Waals surface area contributed by atoms with Crippen LogP contribution in [0.5, 0.6) is 17.2 Å². The van der Waals surface area contributed by atoms with Gasteiger partial charge < -0.3 is 24.4 Å². The van der Waals surface area contributed by atoms with E-state index in [4.69, 9.17) is 14.2 Å². The molecule has 176 valence electrons. The van der Waals surface area contributed by atoms with Gasteiger partial charge in [-0.1, -0.05) is 42.5 Å². The Balaban J connectivity index is 0.000000294. The Hall–Kier alpha value is -3.35. The van der Waals surface area contributed by atoms with Gasteiger partial charge in [0, 0.05) is 5.56 Å². The van der Waals surface area contributed by atoms with E-state index in [1.165, 1.54) is 0 Å². The van der Waals surface area contributed by atoms with Crippen molar-refractivity contribution in [1.82, 2.24) is 0 Å². The van der Waals surface area contributed by atoms with E-state index in [9.17, 15) is 15.0 Å². The van der Waals surface area contributed by atoms with E-state index in [1.807, 2.05) is 63.2 Å². The molecule has 0 aromatic heterocycles. The second kappa shape index (κ2) is 12.6. The molecule has 0 heterocycles. The van der Waals surface area contributed by atoms with Gasteiger partial charge in [-0.25, -0.2) is 0 Å². The van der Waals surface area contributed by atoms with Gasteiger partial charge in [0.1, 0.15) is 29.6 Å². The third-order valence-corrected chi connectivity index (χ3v) is 5.25. The van der Waals surface area contributed by atoms with Gasteiger partial charge in [0.05, 0.1) is 20.8 Å². The number of hydrogen-bond donors (Lipinski definition) is 2. The first-order valence-corrected chi connectivity index (χ1v) is 10.6. The van der Waals surface area contributed by atoms with Crippen LogP contribution in [0.15, 0.2) is 60.7 Å². The molecule has 33 heavy (non-hydrogen) atoms. The van der Waals surface area contributed by atoms with E-state index < -0.39 is 12.2 Å². The predicted molar refractivity (Wildman–Crippen MR) is 128 cm³/mol. The van der Waals surface area contributed by atoms with Crippen LogP contribution in [0.25, 0.3) is 0 Å². The minimum atomic E-state index is -0.945. The Kier molecular flexibility index (Phi) is 9.91. The molecule has 0 aliphatic carbocycles. The van der Waals surface area contributed by atoms with E-state index >= 15 is 0 Å². The lowest BCUT2D eigenvalue weighted by Gasteiger charge is -2.24. The molecule has 6 nitrogen and oxygen atoms in total. The summed E-state index contributed by atoms with van der Waals surface area (Å²) in [5, 5.41) is 20.1. The second-order valence-electron chi connectivity index (χ2n) is 7.63. The lowest BCUT2D eigenvalue weighted by molar-refractivity contribution is 0.000351. The standard InChI is InChI=1S/C18H22O4.C9H10O2/c1-12-6-4-5-7-15(12)22-17(11-19)18(20)14-9-8-13(2)16(10-14)21-3;1-7-3-4-8(6-10)5-9(7)11-2/h4-10,17-20H,11H2,1-3H3;3-6H,1-2H3. The molecule has 3 aromatic carbocycles. The van der Waals surface area contributed by atoms with E-state index in [1.54, 1.807) is 32.4 Å². The Bertz CT molecular complexity index is 1050. The zero-order valence-corrected chi connectivity index (χ0v) is 19.7. The number of hydrogen-bond acceptors (Lipinski definition) is 6. The maximum absolute atomic E-state index is 10.5. The molecule has 2 atom stereocenters. The number of aldehydes is 1. The highest BCUT2D eigenvalue weighted by Crippen LogP contribution is 2.28. The number of aliphatic hydroxyl groups excluding tert-OH is 2. The fraction of sp³-hybridized carbons (Fsp3) is 0.296. The smallest absolute Gasteiger partial charge is 0.152 e. The van der Waals surface area contributed by atoms with Crippen molar-refractivity contribution in [3.63, 3.8) is 0 Å². The Morgan fingerprint density at radius 3 is 1.97 bits per heavy atom. The van der Waals surface area contributed by atoms with Crippen LogP contribution >= 0.6 is 0 Å². The molecule has 0 radical (unpaired) electrons. The van der Waals surface area contributed by atoms with Gasteiger partial charge in [-0.15, -0.1) is 0 Å². The summed E-state index contributed by atoms with van der Waals surface area (Å²) in [4.78, 5) is 10.3. The van der Waals surface area contributed by atoms with Crippen molar-refractivity contribution in [2.45, 2.75) is 33.0 Å². The van der Waals surface area contributed by atoms with Crippen molar-refractivity contribution < 1.29 is 29.2 Å². The van der Waals surface area contributed by atoms with Gasteiger partial charge in [0.2, 0.25) is 0 Å². The normalized spacial score (nSPS) is 12.1. The first-order chi connectivity index (χ1) is 15.8. The molecule has 0 spiro atoms. The summed E-state index contributed by atoms with van der Waals surface area (Å²) < 4.78 is 16.1. The minimum Gasteiger partial charge on any atom is -0.496 e. The van der Waals surface area contributed by atoms with E-state index in [-0.39, 0.29) is 6.61 Å². The van der Waals surface area contributed by atoms with Crippen LogP contribution < -0.4 is 14.2 Å². The van der Waals surface area contributed by atoms with Gasteiger partial charge in [-0.3, -0.25) is 4.79 Å². The van der Waals surface area contributed by atoms with Crippen LogP contribution in [-0.2, 0) is 0 Å². The average molecular weight is 453 g/mol. The number of aliphatic hydroxyl groups is 2. The predicted octanol–water partition coefficient (Wildman–Crippen LogP) is 4.60. The summed E-state index contributed by atoms with van der Waals surface area (Å²) in [5.41, 5.74) is 4.27. The molecule has 2 N–H and O–H groups in total. The highest BCUT2D eigenvalue weighted by Gasteiger charge is 2.23. The van der Waals surface area contributed by atoms with Crippen molar-refractivity contribution >= 4 is 6.29 Å². The number of methoxy groups -OCH3 is 2. The van der Waals surface area contributed by atoms with Gasteiger partial charge >= 0.3 is 0 Å². The van der Waals surface area contributed by atoms with Crippen LogP contribution in [0.1, 0.15) is 38.7 Å². The van der Waals surface area contributed by atoms with Crippen molar-refractivity contribution in [3.05, 3.63) is 88.5 Å². The van der Waals surface area contributed by atoms with Crippen LogP contribution in [0, 0.1) is 20.8 Å². The molecular weight excluding hydrogens is 420 g/mol. The fourth-order valence-electron chi connectivity index (χ4n) is 3.20. The number of rotatable bonds is 8. The molecule has 3 aromatic rings. The summed E-state index contributed by atoms with van der Waals surface area (Å²) in [6.45, 7) is 5.51. The third kappa shape index (κ3) is 7.07. The SMILES string of the molecule is COc1cc(C(O)C(CO)Oc2ccccc2C)ccc1C.COc1cc(C=O)ccc1C. The van der Waals surface area contributed by atoms with E-state index in [0.29, 0.717) is 22.6 Å². The molecule has 2 unspecified atom stereocenters. The highest BCUT2D eigenvalue weighted by molar-refractivity contribution is 5.75. The van der Waals surface area contributed by atoms with Crippen molar-refractivity contribution in [3.8, 4) is 17.2 Å². The quantitative estimate of drug-likeness (QED) is 0.486. The third-order valence-electron chi connectivity index (χ3n) is 5.25. The van der Waals surface area contributed by atoms with Gasteiger partial charge in [-0.2, -0.15) is 0 Å². The van der Waals surface area contributed by atoms with Crippen LogP contribution in [0.3, 0.4) is 0 Å². The molecule has 0 fully saturated rings. The zero-order chi connectivity index (χ0) is 24.4. The number of para-hydroxylation sites is 1. The Morgan fingerprint density at radius 2 is 1.39 bits per heavy atom. The average Bonchev–Trinajstić information content (AvgIpc) is 2.84. The number of carbonyl (C=O) groups excluding carboxylic acids is 1. The lowest BCUT2D eigenvalue weighted by atomic mass is 10.0. The monoisotopic (exact) mass is 452 g/mol. The molecular formula is C27H32O6. The highest BCUT2D eigenvalue weighted by atomic mass is 16.5. The molecule has 0 aliphatic rings. The molecule has 0 bridgehead atoms. The maximum Gasteiger partial charge on any atom is 0.152 e. The summed E-state index contributed by atoms with van der Waals surface area (Å²) in [7, 11) is 3.18. The summed E-state index contributed by atoms with van der Waals surface area (Å²) in [6.07, 6.45) is -0.880. The van der Waals surface area contributed by atoms with Crippen molar-refractivity contribution in [1.29, 1.82) is 0 Å². The summed E-state index contributed by atoms with van der Waals surface area (Å²) in [5.74, 6) is 2.11. The fourth-order valence-corrected chi connectivity index (χ4v) is 3.20. The van der Waals surface area contributed by atoms with Crippen LogP contribution in [-0.4, -0.2) is 43.4 Å². The summed E-state index contributed by atoms with van der Waals surface area (Å²) in [6, 6.07) is 18.3. The molecule has 0 saturated carbocycles. The molecule has 0 aliphatic heterocycles. The van der Waals surface area contributed by atoms with Crippen molar-refractivity contribution in [2.75, 3.05) is 20.8 Å². The van der Waals surface area contributed by atoms with Crippen LogP contribution in [0.2, 0.25) is 0 Å². The lowest BCUT2D eigenvalue weighted by Crippen LogP contribution is -2.29. The zero-order valence-electron chi connectivity index (χ0n) is 19.7. The molecule has 6 heteroatoms. The number of ether oxygens (including phenoxy) is 3. The first-order valence-electron chi connectivity index (χ1n) is 10.6.